The van der Waals surface area contributed by atoms with Crippen molar-refractivity contribution in [1.29, 1.82) is 0 Å². The van der Waals surface area contributed by atoms with Crippen molar-refractivity contribution in [3.05, 3.63) is 17.7 Å². The fraction of sp³-hybridized carbons (Fsp3) is 0.583. The summed E-state index contributed by atoms with van der Waals surface area (Å²) in [5, 5.41) is 5.59. The van der Waals surface area contributed by atoms with Crippen LogP contribution in [0.5, 0.6) is 0 Å². The molecule has 2 heterocycles. The Hall–Kier alpha value is -1.04. The van der Waals surface area contributed by atoms with Gasteiger partial charge in [0.1, 0.15) is 0 Å². The first-order valence-corrected chi connectivity index (χ1v) is 6.94. The lowest BCUT2D eigenvalue weighted by molar-refractivity contribution is 0.575. The van der Waals surface area contributed by atoms with E-state index in [1.807, 2.05) is 11.8 Å². The van der Waals surface area contributed by atoms with Crippen molar-refractivity contribution in [3.8, 4) is 0 Å². The van der Waals surface area contributed by atoms with Crippen LogP contribution in [-0.2, 0) is 0 Å². The van der Waals surface area contributed by atoms with Gasteiger partial charge in [-0.15, -0.1) is 0 Å². The second kappa shape index (κ2) is 5.30. The fourth-order valence-corrected chi connectivity index (χ4v) is 3.26. The van der Waals surface area contributed by atoms with Gasteiger partial charge in [0.2, 0.25) is 0 Å². The molecule has 18 heavy (non-hydrogen) atoms. The standard InChI is InChI=1S/C12H17F2N3S/c1-12(4-3-5-18-12)7-16-11-9(14)6-8(13)10(15-2)17-11/h6H,3-5,7H2,1-2H3,(H2,15,16,17). The Morgan fingerprint density at radius 2 is 2.11 bits per heavy atom. The first kappa shape index (κ1) is 13.4. The third kappa shape index (κ3) is 2.85. The second-order valence-corrected chi connectivity index (χ2v) is 6.34. The predicted octanol–water partition coefficient (Wildman–Crippen LogP) is 3.10. The maximum atomic E-state index is 13.6. The normalized spacial score (nSPS) is 23.1. The highest BCUT2D eigenvalue weighted by atomic mass is 32.2. The molecule has 3 nitrogen and oxygen atoms in total. The van der Waals surface area contributed by atoms with Crippen LogP contribution in [-0.4, -0.2) is 29.1 Å². The molecular formula is C12H17F2N3S. The van der Waals surface area contributed by atoms with E-state index in [4.69, 9.17) is 0 Å². The first-order valence-electron chi connectivity index (χ1n) is 5.96. The van der Waals surface area contributed by atoms with Gasteiger partial charge in [-0.05, 0) is 25.5 Å². The number of hydrogen-bond donors (Lipinski definition) is 2. The summed E-state index contributed by atoms with van der Waals surface area (Å²) in [4.78, 5) is 3.90. The van der Waals surface area contributed by atoms with Crippen LogP contribution in [0, 0.1) is 11.6 Å². The SMILES string of the molecule is CNc1nc(NCC2(C)CCCS2)c(F)cc1F. The number of rotatable bonds is 4. The number of hydrogen-bond acceptors (Lipinski definition) is 4. The summed E-state index contributed by atoms with van der Waals surface area (Å²) < 4.78 is 26.9. The van der Waals surface area contributed by atoms with Gasteiger partial charge in [-0.25, -0.2) is 13.8 Å². The highest BCUT2D eigenvalue weighted by Crippen LogP contribution is 2.37. The molecule has 1 aromatic heterocycles. The van der Waals surface area contributed by atoms with Gasteiger partial charge in [0.05, 0.1) is 0 Å². The minimum absolute atomic E-state index is 0.0585. The summed E-state index contributed by atoms with van der Waals surface area (Å²) in [5.74, 6) is -0.0306. The Labute approximate surface area is 110 Å². The lowest BCUT2D eigenvalue weighted by Crippen LogP contribution is -2.27. The highest BCUT2D eigenvalue weighted by Gasteiger charge is 2.29. The van der Waals surface area contributed by atoms with Crippen LogP contribution in [0.25, 0.3) is 0 Å². The minimum Gasteiger partial charge on any atom is -0.371 e. The smallest absolute Gasteiger partial charge is 0.168 e. The molecule has 1 aliphatic rings. The largest absolute Gasteiger partial charge is 0.371 e. The van der Waals surface area contributed by atoms with E-state index in [0.29, 0.717) is 6.54 Å². The number of aromatic nitrogens is 1. The first-order chi connectivity index (χ1) is 8.54. The molecule has 6 heteroatoms. The molecule has 1 saturated heterocycles. The topological polar surface area (TPSA) is 37.0 Å². The van der Waals surface area contributed by atoms with Crippen molar-refractivity contribution in [3.63, 3.8) is 0 Å². The van der Waals surface area contributed by atoms with Crippen LogP contribution in [0.15, 0.2) is 6.07 Å². The molecule has 2 rings (SSSR count). The van der Waals surface area contributed by atoms with Crippen molar-refractivity contribution in [2.24, 2.45) is 0 Å². The molecule has 100 valence electrons. The average Bonchev–Trinajstić information content (AvgIpc) is 2.76. The lowest BCUT2D eigenvalue weighted by atomic mass is 10.1. The molecule has 1 aromatic rings. The van der Waals surface area contributed by atoms with Gasteiger partial charge < -0.3 is 10.6 Å². The third-order valence-electron chi connectivity index (χ3n) is 3.10. The number of halogens is 2. The molecule has 1 unspecified atom stereocenters. The Bertz CT molecular complexity index is 434. The zero-order chi connectivity index (χ0) is 13.2. The minimum atomic E-state index is -0.679. The van der Waals surface area contributed by atoms with E-state index in [-0.39, 0.29) is 16.4 Å². The third-order valence-corrected chi connectivity index (χ3v) is 4.63. The Balaban J connectivity index is 2.09. The lowest BCUT2D eigenvalue weighted by Gasteiger charge is -2.23. The van der Waals surface area contributed by atoms with Gasteiger partial charge in [0.25, 0.3) is 0 Å². The van der Waals surface area contributed by atoms with Crippen LogP contribution in [0.3, 0.4) is 0 Å². The van der Waals surface area contributed by atoms with Gasteiger partial charge in [0, 0.05) is 24.4 Å². The number of nitrogens with zero attached hydrogens (tertiary/aromatic N) is 1. The fourth-order valence-electron chi connectivity index (χ4n) is 2.01. The zero-order valence-electron chi connectivity index (χ0n) is 10.5. The Morgan fingerprint density at radius 1 is 1.39 bits per heavy atom. The quantitative estimate of drug-likeness (QED) is 0.884. The van der Waals surface area contributed by atoms with Crippen LogP contribution in [0.2, 0.25) is 0 Å². The van der Waals surface area contributed by atoms with Crippen molar-refractivity contribution in [1.82, 2.24) is 4.98 Å². The molecule has 0 aromatic carbocycles. The zero-order valence-corrected chi connectivity index (χ0v) is 11.3. The summed E-state index contributed by atoms with van der Waals surface area (Å²) >= 11 is 1.88. The summed E-state index contributed by atoms with van der Waals surface area (Å²) in [6, 6.07) is 0.852. The maximum Gasteiger partial charge on any atom is 0.168 e. The van der Waals surface area contributed by atoms with Crippen LogP contribution in [0.4, 0.5) is 20.4 Å². The van der Waals surface area contributed by atoms with Gasteiger partial charge >= 0.3 is 0 Å². The van der Waals surface area contributed by atoms with E-state index in [0.717, 1.165) is 18.2 Å². The van der Waals surface area contributed by atoms with Crippen LogP contribution in [0.1, 0.15) is 19.8 Å². The number of nitrogens with one attached hydrogen (secondary N) is 2. The van der Waals surface area contributed by atoms with E-state index in [9.17, 15) is 8.78 Å². The molecular weight excluding hydrogens is 256 g/mol. The Morgan fingerprint density at radius 3 is 2.72 bits per heavy atom. The summed E-state index contributed by atoms with van der Waals surface area (Å²) in [6.45, 7) is 2.79. The van der Waals surface area contributed by atoms with E-state index in [1.165, 1.54) is 6.42 Å². The average molecular weight is 273 g/mol. The Kier molecular flexibility index (Phi) is 3.94. The molecule has 1 fully saturated rings. The molecule has 1 atom stereocenters. The molecule has 0 spiro atoms. The van der Waals surface area contributed by atoms with Crippen molar-refractivity contribution in [2.45, 2.75) is 24.5 Å². The van der Waals surface area contributed by atoms with Gasteiger partial charge in [-0.3, -0.25) is 0 Å². The molecule has 0 radical (unpaired) electrons. The number of thioether (sulfide) groups is 1. The molecule has 1 aliphatic heterocycles. The number of anilines is 2. The van der Waals surface area contributed by atoms with Gasteiger partial charge in [-0.2, -0.15) is 11.8 Å². The van der Waals surface area contributed by atoms with E-state index in [2.05, 4.69) is 22.5 Å². The van der Waals surface area contributed by atoms with Crippen LogP contribution < -0.4 is 10.6 Å². The monoisotopic (exact) mass is 273 g/mol. The van der Waals surface area contributed by atoms with E-state index < -0.39 is 11.6 Å². The van der Waals surface area contributed by atoms with Gasteiger partial charge in [0.15, 0.2) is 23.3 Å². The van der Waals surface area contributed by atoms with Crippen molar-refractivity contribution < 1.29 is 8.78 Å². The van der Waals surface area contributed by atoms with Crippen LogP contribution >= 0.6 is 11.8 Å². The summed E-state index contributed by atoms with van der Waals surface area (Å²) in [7, 11) is 1.56. The molecule has 2 N–H and O–H groups in total. The maximum absolute atomic E-state index is 13.6. The molecule has 0 bridgehead atoms. The molecule has 0 aliphatic carbocycles. The second-order valence-electron chi connectivity index (χ2n) is 4.65. The van der Waals surface area contributed by atoms with E-state index >= 15 is 0 Å². The van der Waals surface area contributed by atoms with E-state index in [1.54, 1.807) is 7.05 Å². The van der Waals surface area contributed by atoms with Gasteiger partial charge in [-0.1, -0.05) is 0 Å². The highest BCUT2D eigenvalue weighted by molar-refractivity contribution is 8.00. The number of pyridine rings is 1. The van der Waals surface area contributed by atoms with Crippen molar-refractivity contribution >= 4 is 23.4 Å². The molecule has 0 saturated carbocycles. The summed E-state index contributed by atoms with van der Waals surface area (Å²) in [5.41, 5.74) is 0. The predicted molar refractivity (Wildman–Crippen MR) is 72.3 cm³/mol. The summed E-state index contributed by atoms with van der Waals surface area (Å²) in [6.07, 6.45) is 2.29. The van der Waals surface area contributed by atoms with Crippen molar-refractivity contribution in [2.75, 3.05) is 30.0 Å². The molecule has 0 amide bonds.